The maximum Gasteiger partial charge on any atom is 0.0724 e. The van der Waals surface area contributed by atoms with Gasteiger partial charge in [-0.05, 0) is 55.9 Å². The molecule has 0 aromatic carbocycles. The van der Waals surface area contributed by atoms with Crippen LogP contribution in [-0.2, 0) is 0 Å². The normalized spacial score (nSPS) is 54.0. The second-order valence-electron chi connectivity index (χ2n) is 8.57. The van der Waals surface area contributed by atoms with E-state index in [1.807, 2.05) is 6.08 Å². The summed E-state index contributed by atoms with van der Waals surface area (Å²) in [4.78, 5) is 0. The summed E-state index contributed by atoms with van der Waals surface area (Å²) in [6.07, 6.45) is 9.68. The number of nitrogens with two attached hydrogens (primary N) is 1. The lowest BCUT2D eigenvalue weighted by atomic mass is 9.52. The van der Waals surface area contributed by atoms with Gasteiger partial charge < -0.3 is 15.9 Å². The third-order valence-corrected chi connectivity index (χ3v) is 7.55. The first kappa shape index (κ1) is 14.9. The lowest BCUT2D eigenvalue weighted by molar-refractivity contribution is 0.0248. The highest BCUT2D eigenvalue weighted by Crippen LogP contribution is 2.62. The Morgan fingerprint density at radius 3 is 2.73 bits per heavy atom. The van der Waals surface area contributed by atoms with Crippen LogP contribution in [-0.4, -0.2) is 28.5 Å². The van der Waals surface area contributed by atoms with Crippen LogP contribution >= 0.6 is 0 Å². The van der Waals surface area contributed by atoms with Crippen LogP contribution in [0.4, 0.5) is 0 Å². The highest BCUT2D eigenvalue weighted by Gasteiger charge is 2.55. The first-order chi connectivity index (χ1) is 10.4. The summed E-state index contributed by atoms with van der Waals surface area (Å²) in [6, 6.07) is 0.113. The van der Waals surface area contributed by atoms with Crippen molar-refractivity contribution in [1.82, 2.24) is 0 Å². The second-order valence-corrected chi connectivity index (χ2v) is 8.57. The van der Waals surface area contributed by atoms with Gasteiger partial charge >= 0.3 is 0 Å². The number of aliphatic hydroxyl groups excluding tert-OH is 2. The minimum Gasteiger partial charge on any atom is -0.393 e. The molecule has 3 heteroatoms. The predicted molar refractivity (Wildman–Crippen MR) is 87.1 cm³/mol. The molecule has 4 N–H and O–H groups in total. The van der Waals surface area contributed by atoms with Gasteiger partial charge in [0.2, 0.25) is 0 Å². The van der Waals surface area contributed by atoms with E-state index in [1.54, 1.807) is 0 Å². The summed E-state index contributed by atoms with van der Waals surface area (Å²) < 4.78 is 0. The molecule has 7 atom stereocenters. The molecule has 0 spiro atoms. The van der Waals surface area contributed by atoms with Crippen molar-refractivity contribution in [1.29, 1.82) is 0 Å². The van der Waals surface area contributed by atoms with Crippen LogP contribution in [0.2, 0.25) is 0 Å². The lowest BCUT2D eigenvalue weighted by Crippen LogP contribution is -2.50. The van der Waals surface area contributed by atoms with E-state index in [9.17, 15) is 10.2 Å². The van der Waals surface area contributed by atoms with E-state index in [1.165, 1.54) is 11.1 Å². The number of fused-ring (bicyclic) bond motifs is 4. The maximum atomic E-state index is 10.5. The van der Waals surface area contributed by atoms with Gasteiger partial charge in [-0.2, -0.15) is 0 Å². The van der Waals surface area contributed by atoms with E-state index < -0.39 is 0 Å². The van der Waals surface area contributed by atoms with E-state index in [0.29, 0.717) is 11.8 Å². The van der Waals surface area contributed by atoms with Crippen LogP contribution < -0.4 is 5.73 Å². The highest BCUT2D eigenvalue weighted by molar-refractivity contribution is 5.41. The molecule has 0 amide bonds. The molecular weight excluding hydrogens is 274 g/mol. The molecule has 1 fully saturated rings. The van der Waals surface area contributed by atoms with Crippen molar-refractivity contribution in [3.63, 3.8) is 0 Å². The van der Waals surface area contributed by atoms with Gasteiger partial charge in [-0.15, -0.1) is 0 Å². The Bertz CT molecular complexity index is 554. The van der Waals surface area contributed by atoms with Gasteiger partial charge in [-0.3, -0.25) is 0 Å². The van der Waals surface area contributed by atoms with Gasteiger partial charge in [0, 0.05) is 16.9 Å². The molecule has 122 valence electrons. The number of allylic oxidation sites excluding steroid dienone is 2. The SMILES string of the molecule is C[C@]12CCC3=C([C@@H](N)CC4C[C@@H](O)C=C[C@]34C)[C@@H]1CC[C@@H]2O. The van der Waals surface area contributed by atoms with Gasteiger partial charge in [0.15, 0.2) is 0 Å². The third-order valence-electron chi connectivity index (χ3n) is 7.55. The van der Waals surface area contributed by atoms with Crippen molar-refractivity contribution < 1.29 is 10.2 Å². The van der Waals surface area contributed by atoms with Crippen LogP contribution in [0.5, 0.6) is 0 Å². The van der Waals surface area contributed by atoms with Crippen molar-refractivity contribution >= 4 is 0 Å². The van der Waals surface area contributed by atoms with Gasteiger partial charge in [0.25, 0.3) is 0 Å². The summed E-state index contributed by atoms with van der Waals surface area (Å²) in [5, 5.41) is 20.5. The second kappa shape index (κ2) is 4.68. The van der Waals surface area contributed by atoms with Gasteiger partial charge in [-0.1, -0.05) is 31.6 Å². The van der Waals surface area contributed by atoms with E-state index >= 15 is 0 Å². The summed E-state index contributed by atoms with van der Waals surface area (Å²) in [5.74, 6) is 0.913. The zero-order valence-electron chi connectivity index (χ0n) is 13.8. The summed E-state index contributed by atoms with van der Waals surface area (Å²) in [6.45, 7) is 4.61. The monoisotopic (exact) mass is 303 g/mol. The van der Waals surface area contributed by atoms with Gasteiger partial charge in [0.1, 0.15) is 0 Å². The molecule has 1 unspecified atom stereocenters. The fourth-order valence-corrected chi connectivity index (χ4v) is 6.06. The molecule has 4 rings (SSSR count). The van der Waals surface area contributed by atoms with Crippen LogP contribution in [0.3, 0.4) is 0 Å². The van der Waals surface area contributed by atoms with E-state index in [0.717, 1.165) is 38.5 Å². The van der Waals surface area contributed by atoms with E-state index in [-0.39, 0.29) is 29.1 Å². The maximum absolute atomic E-state index is 10.5. The Kier molecular flexibility index (Phi) is 3.18. The molecule has 4 aliphatic rings. The van der Waals surface area contributed by atoms with Crippen molar-refractivity contribution in [3.8, 4) is 0 Å². The molecule has 4 aliphatic carbocycles. The third kappa shape index (κ3) is 1.79. The Balaban J connectivity index is 1.83. The van der Waals surface area contributed by atoms with Crippen molar-refractivity contribution in [2.45, 2.75) is 70.6 Å². The smallest absolute Gasteiger partial charge is 0.0724 e. The Morgan fingerprint density at radius 1 is 1.18 bits per heavy atom. The molecule has 0 aromatic rings. The standard InChI is InChI=1S/C19H29NO2/c1-18-7-5-12(21)9-11(18)10-15(20)17-13-3-4-16(22)19(13,2)8-6-14(17)18/h5,7,11-13,15-16,21-22H,3-4,6,8-10,20H2,1-2H3/t11?,12-,13-,15-,16-,18-,19-/m0/s1. The average Bonchev–Trinajstić information content (AvgIpc) is 2.77. The minimum atomic E-state index is -0.311. The zero-order valence-corrected chi connectivity index (χ0v) is 13.8. The fraction of sp³-hybridized carbons (Fsp3) is 0.789. The van der Waals surface area contributed by atoms with Crippen molar-refractivity contribution in [2.75, 3.05) is 0 Å². The average molecular weight is 303 g/mol. The lowest BCUT2D eigenvalue weighted by Gasteiger charge is -2.54. The van der Waals surface area contributed by atoms with Gasteiger partial charge in [0.05, 0.1) is 12.2 Å². The van der Waals surface area contributed by atoms with Crippen molar-refractivity contribution in [3.05, 3.63) is 23.3 Å². The van der Waals surface area contributed by atoms with Crippen LogP contribution in [0.1, 0.15) is 52.4 Å². The highest BCUT2D eigenvalue weighted by atomic mass is 16.3. The van der Waals surface area contributed by atoms with E-state index in [2.05, 4.69) is 19.9 Å². The molecule has 1 saturated carbocycles. The number of hydrogen-bond donors (Lipinski definition) is 3. The first-order valence-corrected chi connectivity index (χ1v) is 8.91. The fourth-order valence-electron chi connectivity index (χ4n) is 6.06. The largest absolute Gasteiger partial charge is 0.393 e. The summed E-state index contributed by atoms with van der Waals surface area (Å²) in [5.41, 5.74) is 9.71. The summed E-state index contributed by atoms with van der Waals surface area (Å²) in [7, 11) is 0. The van der Waals surface area contributed by atoms with Crippen molar-refractivity contribution in [2.24, 2.45) is 28.4 Å². The molecule has 22 heavy (non-hydrogen) atoms. The number of hydrogen-bond acceptors (Lipinski definition) is 3. The number of rotatable bonds is 0. The van der Waals surface area contributed by atoms with Crippen LogP contribution in [0.25, 0.3) is 0 Å². The molecule has 0 bridgehead atoms. The van der Waals surface area contributed by atoms with Crippen LogP contribution in [0.15, 0.2) is 23.3 Å². The molecule has 3 nitrogen and oxygen atoms in total. The first-order valence-electron chi connectivity index (χ1n) is 8.91. The molecule has 0 radical (unpaired) electrons. The van der Waals surface area contributed by atoms with E-state index in [4.69, 9.17) is 5.73 Å². The molecule has 0 aromatic heterocycles. The van der Waals surface area contributed by atoms with Gasteiger partial charge in [-0.25, -0.2) is 0 Å². The molecular formula is C19H29NO2. The zero-order chi connectivity index (χ0) is 15.7. The Hall–Kier alpha value is -0.640. The Labute approximate surface area is 133 Å². The Morgan fingerprint density at radius 2 is 1.95 bits per heavy atom. The topological polar surface area (TPSA) is 66.5 Å². The molecule has 0 saturated heterocycles. The molecule has 0 heterocycles. The molecule has 0 aliphatic heterocycles. The predicted octanol–water partition coefficient (Wildman–Crippen LogP) is 2.53. The quantitative estimate of drug-likeness (QED) is 0.602. The van der Waals surface area contributed by atoms with Crippen LogP contribution in [0, 0.1) is 22.7 Å². The number of aliphatic hydroxyl groups is 2. The minimum absolute atomic E-state index is 0.0253. The summed E-state index contributed by atoms with van der Waals surface area (Å²) >= 11 is 0.